The molecule has 1 N–H and O–H groups in total. The fourth-order valence-corrected chi connectivity index (χ4v) is 3.83. The molecule has 1 aromatic heterocycles. The number of likely N-dealkylation sites (N-methyl/N-ethyl adjacent to an activating group) is 1. The van der Waals surface area contributed by atoms with Crippen LogP contribution in [0.1, 0.15) is 19.8 Å². The fraction of sp³-hybridized carbons (Fsp3) is 0.667. The third kappa shape index (κ3) is 2.45. The maximum Gasteiger partial charge on any atom is 0.249 e. The lowest BCUT2D eigenvalue weighted by atomic mass is 9.89. The topological polar surface area (TPSA) is 84.3 Å². The third-order valence-corrected chi connectivity index (χ3v) is 5.61. The average Bonchev–Trinajstić information content (AvgIpc) is 3.01. The summed E-state index contributed by atoms with van der Waals surface area (Å²) in [6, 6.07) is 1.73. The zero-order valence-electron chi connectivity index (χ0n) is 11.7. The van der Waals surface area contributed by atoms with Gasteiger partial charge < -0.3 is 5.32 Å². The first-order valence-corrected chi connectivity index (χ1v) is 8.27. The lowest BCUT2D eigenvalue weighted by Crippen LogP contribution is -2.59. The standard InChI is InChI=1S/C12H20N4O3S/c1-3-20(18,19)15-8-4-6-12(10-15,11(17)13-2)16-9-5-7-14-16/h5,7,9H,3-4,6,8,10H2,1-2H3,(H,13,17). The smallest absolute Gasteiger partial charge is 0.249 e. The fourth-order valence-electron chi connectivity index (χ4n) is 2.65. The van der Waals surface area contributed by atoms with Crippen molar-refractivity contribution in [1.82, 2.24) is 19.4 Å². The van der Waals surface area contributed by atoms with Crippen LogP contribution >= 0.6 is 0 Å². The molecule has 0 saturated carbocycles. The number of nitrogens with zero attached hydrogens (tertiary/aromatic N) is 3. The number of sulfonamides is 1. The number of carbonyl (C=O) groups excluding carboxylic acids is 1. The third-order valence-electron chi connectivity index (χ3n) is 3.79. The molecule has 1 amide bonds. The van der Waals surface area contributed by atoms with E-state index in [1.807, 2.05) is 0 Å². The van der Waals surface area contributed by atoms with Crippen LogP contribution in [0.3, 0.4) is 0 Å². The quantitative estimate of drug-likeness (QED) is 0.832. The SMILES string of the molecule is CCS(=O)(=O)N1CCCC(C(=O)NC)(n2cccn2)C1. The van der Waals surface area contributed by atoms with Gasteiger partial charge in [-0.25, -0.2) is 8.42 Å². The normalized spacial score (nSPS) is 24.5. The van der Waals surface area contributed by atoms with E-state index in [2.05, 4.69) is 10.4 Å². The molecule has 1 aliphatic rings. The summed E-state index contributed by atoms with van der Waals surface area (Å²) >= 11 is 0. The van der Waals surface area contributed by atoms with Gasteiger partial charge in [-0.1, -0.05) is 0 Å². The van der Waals surface area contributed by atoms with Crippen molar-refractivity contribution in [3.05, 3.63) is 18.5 Å². The molecule has 1 aliphatic heterocycles. The Labute approximate surface area is 119 Å². The average molecular weight is 300 g/mol. The second-order valence-electron chi connectivity index (χ2n) is 4.90. The summed E-state index contributed by atoms with van der Waals surface area (Å²) in [4.78, 5) is 12.4. The lowest BCUT2D eigenvalue weighted by molar-refractivity contribution is -0.132. The minimum absolute atomic E-state index is 0.0376. The molecule has 2 rings (SSSR count). The van der Waals surface area contributed by atoms with Gasteiger partial charge in [0.15, 0.2) is 5.54 Å². The first-order chi connectivity index (χ1) is 9.46. The highest BCUT2D eigenvalue weighted by molar-refractivity contribution is 7.89. The second-order valence-corrected chi connectivity index (χ2v) is 7.16. The van der Waals surface area contributed by atoms with Crippen LogP contribution in [0.5, 0.6) is 0 Å². The van der Waals surface area contributed by atoms with Gasteiger partial charge in [-0.15, -0.1) is 0 Å². The number of hydrogen-bond acceptors (Lipinski definition) is 4. The largest absolute Gasteiger partial charge is 0.357 e. The van der Waals surface area contributed by atoms with Gasteiger partial charge in [0.05, 0.1) is 5.75 Å². The van der Waals surface area contributed by atoms with Crippen molar-refractivity contribution in [2.75, 3.05) is 25.9 Å². The number of aromatic nitrogens is 2. The van der Waals surface area contributed by atoms with Crippen LogP contribution < -0.4 is 5.32 Å². The maximum atomic E-state index is 12.4. The molecule has 0 radical (unpaired) electrons. The molecule has 8 heteroatoms. The zero-order chi connectivity index (χ0) is 14.8. The van der Waals surface area contributed by atoms with Crippen molar-refractivity contribution in [2.45, 2.75) is 25.3 Å². The van der Waals surface area contributed by atoms with E-state index in [4.69, 9.17) is 0 Å². The molecule has 2 heterocycles. The predicted molar refractivity (Wildman–Crippen MR) is 74.5 cm³/mol. The van der Waals surface area contributed by atoms with Gasteiger partial charge in [0.25, 0.3) is 0 Å². The van der Waals surface area contributed by atoms with E-state index in [0.717, 1.165) is 0 Å². The minimum atomic E-state index is -3.31. The molecule has 0 spiro atoms. The number of nitrogens with one attached hydrogen (secondary N) is 1. The van der Waals surface area contributed by atoms with Crippen LogP contribution in [0.2, 0.25) is 0 Å². The summed E-state index contributed by atoms with van der Waals surface area (Å²) < 4.78 is 27.1. The lowest BCUT2D eigenvalue weighted by Gasteiger charge is -2.40. The number of hydrogen-bond donors (Lipinski definition) is 1. The molecular weight excluding hydrogens is 280 g/mol. The van der Waals surface area contributed by atoms with Crippen molar-refractivity contribution < 1.29 is 13.2 Å². The molecule has 112 valence electrons. The van der Waals surface area contributed by atoms with Crippen LogP contribution in [0, 0.1) is 0 Å². The van der Waals surface area contributed by atoms with Crippen LogP contribution in [-0.4, -0.2) is 54.3 Å². The number of carbonyl (C=O) groups is 1. The summed E-state index contributed by atoms with van der Waals surface area (Å²) in [6.07, 6.45) is 4.51. The molecule has 1 saturated heterocycles. The number of piperidine rings is 1. The molecule has 20 heavy (non-hydrogen) atoms. The molecule has 0 aromatic carbocycles. The van der Waals surface area contributed by atoms with E-state index in [9.17, 15) is 13.2 Å². The molecule has 1 fully saturated rings. The van der Waals surface area contributed by atoms with E-state index < -0.39 is 15.6 Å². The molecule has 0 bridgehead atoms. The summed E-state index contributed by atoms with van der Waals surface area (Å²) in [6.45, 7) is 2.19. The Balaban J connectivity index is 2.41. The van der Waals surface area contributed by atoms with Crippen LogP contribution in [0.25, 0.3) is 0 Å². The zero-order valence-corrected chi connectivity index (χ0v) is 12.6. The highest BCUT2D eigenvalue weighted by Crippen LogP contribution is 2.30. The summed E-state index contributed by atoms with van der Waals surface area (Å²) in [5.41, 5.74) is -0.960. The van der Waals surface area contributed by atoms with Gasteiger partial charge >= 0.3 is 0 Å². The van der Waals surface area contributed by atoms with Gasteiger partial charge in [0.1, 0.15) is 0 Å². The minimum Gasteiger partial charge on any atom is -0.357 e. The van der Waals surface area contributed by atoms with E-state index in [0.29, 0.717) is 19.4 Å². The van der Waals surface area contributed by atoms with Crippen molar-refractivity contribution >= 4 is 15.9 Å². The Morgan fingerprint density at radius 2 is 2.25 bits per heavy atom. The Bertz CT molecular complexity index is 570. The van der Waals surface area contributed by atoms with Gasteiger partial charge in [-0.2, -0.15) is 9.40 Å². The molecule has 0 aliphatic carbocycles. The van der Waals surface area contributed by atoms with Crippen molar-refractivity contribution in [2.24, 2.45) is 0 Å². The molecule has 1 unspecified atom stereocenters. The second kappa shape index (κ2) is 5.53. The van der Waals surface area contributed by atoms with Crippen LogP contribution in [0.4, 0.5) is 0 Å². The van der Waals surface area contributed by atoms with Crippen LogP contribution in [-0.2, 0) is 20.4 Å². The summed E-state index contributed by atoms with van der Waals surface area (Å²) in [7, 11) is -1.76. The Kier molecular flexibility index (Phi) is 4.14. The highest BCUT2D eigenvalue weighted by atomic mass is 32.2. The predicted octanol–water partition coefficient (Wildman–Crippen LogP) is -0.230. The summed E-state index contributed by atoms with van der Waals surface area (Å²) in [5.74, 6) is -0.173. The Morgan fingerprint density at radius 3 is 2.80 bits per heavy atom. The van der Waals surface area contributed by atoms with Gasteiger partial charge in [-0.05, 0) is 25.8 Å². The van der Waals surface area contributed by atoms with Gasteiger partial charge in [0.2, 0.25) is 15.9 Å². The number of rotatable bonds is 4. The van der Waals surface area contributed by atoms with Crippen molar-refractivity contribution in [1.29, 1.82) is 0 Å². The molecule has 7 nitrogen and oxygen atoms in total. The van der Waals surface area contributed by atoms with Gasteiger partial charge in [-0.3, -0.25) is 9.48 Å². The molecule has 1 atom stereocenters. The summed E-state index contributed by atoms with van der Waals surface area (Å²) in [5, 5.41) is 6.79. The Hall–Kier alpha value is -1.41. The molecular formula is C12H20N4O3S. The molecule has 1 aromatic rings. The maximum absolute atomic E-state index is 12.4. The highest BCUT2D eigenvalue weighted by Gasteiger charge is 2.46. The van der Waals surface area contributed by atoms with E-state index >= 15 is 0 Å². The number of amides is 1. The van der Waals surface area contributed by atoms with Crippen LogP contribution in [0.15, 0.2) is 18.5 Å². The monoisotopic (exact) mass is 300 g/mol. The Morgan fingerprint density at radius 1 is 1.50 bits per heavy atom. The van der Waals surface area contributed by atoms with E-state index in [1.165, 1.54) is 4.31 Å². The first kappa shape index (κ1) is 15.0. The van der Waals surface area contributed by atoms with Crippen molar-refractivity contribution in [3.63, 3.8) is 0 Å². The van der Waals surface area contributed by atoms with E-state index in [1.54, 1.807) is 37.1 Å². The van der Waals surface area contributed by atoms with Gasteiger partial charge in [0, 0.05) is 32.5 Å². The van der Waals surface area contributed by atoms with Crippen molar-refractivity contribution in [3.8, 4) is 0 Å². The van der Waals surface area contributed by atoms with E-state index in [-0.39, 0.29) is 18.2 Å². The first-order valence-electron chi connectivity index (χ1n) is 6.66.